The Labute approximate surface area is 144 Å². The standard InChI is InChI=1S/C14H20NO2.C3H5NO.ClH/c1-4-14(16)17-11-10-15(2,3)12-13-8-6-5-7-9-13;1-2-3(4)5;/h4-9H,1,10-12H2,2-3H3;2H,1H2,(H2,4,5);1H/q+1;;/p-1. The molecule has 0 saturated heterocycles. The van der Waals surface area contributed by atoms with E-state index in [1.165, 1.54) is 11.6 Å². The van der Waals surface area contributed by atoms with E-state index in [0.717, 1.165) is 23.6 Å². The summed E-state index contributed by atoms with van der Waals surface area (Å²) in [5.41, 5.74) is 5.82. The van der Waals surface area contributed by atoms with Crippen LogP contribution in [-0.2, 0) is 20.9 Å². The molecule has 1 rings (SSSR count). The lowest BCUT2D eigenvalue weighted by Gasteiger charge is -2.29. The van der Waals surface area contributed by atoms with Crippen molar-refractivity contribution >= 4 is 11.9 Å². The number of likely N-dealkylation sites (N-methyl/N-ethyl adjacent to an activating group) is 1. The van der Waals surface area contributed by atoms with Gasteiger partial charge in [-0.25, -0.2) is 4.79 Å². The van der Waals surface area contributed by atoms with Gasteiger partial charge >= 0.3 is 5.97 Å². The first-order chi connectivity index (χ1) is 10.3. The SMILES string of the molecule is C=CC(=O)OCC[N+](C)(C)Cc1ccccc1.C=CC(N)=O.[Cl-]. The molecule has 0 aromatic heterocycles. The van der Waals surface area contributed by atoms with E-state index in [4.69, 9.17) is 4.74 Å². The summed E-state index contributed by atoms with van der Waals surface area (Å²) in [4.78, 5) is 20.4. The van der Waals surface area contributed by atoms with Gasteiger partial charge in [0.15, 0.2) is 0 Å². The van der Waals surface area contributed by atoms with Gasteiger partial charge in [0.1, 0.15) is 19.7 Å². The molecule has 0 spiro atoms. The molecule has 1 aromatic carbocycles. The summed E-state index contributed by atoms with van der Waals surface area (Å²) in [7, 11) is 4.24. The van der Waals surface area contributed by atoms with E-state index in [9.17, 15) is 9.59 Å². The Balaban J connectivity index is 0. The molecular weight excluding hydrogens is 316 g/mol. The summed E-state index contributed by atoms with van der Waals surface area (Å²) < 4.78 is 5.78. The number of hydrogen-bond acceptors (Lipinski definition) is 3. The van der Waals surface area contributed by atoms with Crippen molar-refractivity contribution in [2.24, 2.45) is 5.73 Å². The minimum Gasteiger partial charge on any atom is -1.00 e. The number of nitrogens with zero attached hydrogens (tertiary/aromatic N) is 1. The van der Waals surface area contributed by atoms with Crippen molar-refractivity contribution in [3.63, 3.8) is 0 Å². The fourth-order valence-corrected chi connectivity index (χ4v) is 1.61. The Morgan fingerprint density at radius 1 is 1.17 bits per heavy atom. The van der Waals surface area contributed by atoms with Crippen LogP contribution in [0.15, 0.2) is 55.6 Å². The Bertz CT molecular complexity index is 502. The number of halogens is 1. The molecule has 0 fully saturated rings. The first-order valence-electron chi connectivity index (χ1n) is 6.87. The molecule has 0 unspecified atom stereocenters. The van der Waals surface area contributed by atoms with Gasteiger partial charge in [-0.2, -0.15) is 0 Å². The second kappa shape index (κ2) is 12.4. The smallest absolute Gasteiger partial charge is 0.330 e. The van der Waals surface area contributed by atoms with Gasteiger partial charge in [-0.3, -0.25) is 4.79 Å². The minimum absolute atomic E-state index is 0. The number of hydrogen-bond donors (Lipinski definition) is 1. The molecule has 6 heteroatoms. The van der Waals surface area contributed by atoms with Crippen LogP contribution in [0.25, 0.3) is 0 Å². The molecule has 5 nitrogen and oxygen atoms in total. The Morgan fingerprint density at radius 3 is 2.13 bits per heavy atom. The molecular formula is C17H25ClN2O3. The number of carbonyl (C=O) groups is 2. The van der Waals surface area contributed by atoms with Crippen molar-refractivity contribution in [2.45, 2.75) is 6.54 Å². The Hall–Kier alpha value is -2.11. The van der Waals surface area contributed by atoms with Crippen molar-refractivity contribution in [2.75, 3.05) is 27.2 Å². The third-order valence-corrected chi connectivity index (χ3v) is 2.76. The molecule has 2 N–H and O–H groups in total. The lowest BCUT2D eigenvalue weighted by atomic mass is 10.2. The molecule has 0 atom stereocenters. The first kappa shape index (κ1) is 23.2. The van der Waals surface area contributed by atoms with E-state index in [2.05, 4.69) is 45.1 Å². The molecule has 0 bridgehead atoms. The van der Waals surface area contributed by atoms with Crippen LogP contribution < -0.4 is 18.1 Å². The quantitative estimate of drug-likeness (QED) is 0.379. The fourth-order valence-electron chi connectivity index (χ4n) is 1.61. The second-order valence-corrected chi connectivity index (χ2v) is 5.28. The maximum atomic E-state index is 10.9. The second-order valence-electron chi connectivity index (χ2n) is 5.28. The van der Waals surface area contributed by atoms with E-state index in [1.807, 2.05) is 18.2 Å². The van der Waals surface area contributed by atoms with E-state index in [-0.39, 0.29) is 18.4 Å². The number of amides is 1. The van der Waals surface area contributed by atoms with Gasteiger partial charge in [-0.05, 0) is 6.08 Å². The molecule has 0 saturated carbocycles. The van der Waals surface area contributed by atoms with Crippen molar-refractivity contribution < 1.29 is 31.2 Å². The van der Waals surface area contributed by atoms with Crippen molar-refractivity contribution in [3.8, 4) is 0 Å². The van der Waals surface area contributed by atoms with Crippen LogP contribution in [-0.4, -0.2) is 43.6 Å². The molecule has 0 heterocycles. The average molecular weight is 341 g/mol. The van der Waals surface area contributed by atoms with Gasteiger partial charge < -0.3 is 27.4 Å². The summed E-state index contributed by atoms with van der Waals surface area (Å²) in [5, 5.41) is 0. The van der Waals surface area contributed by atoms with Crippen LogP contribution in [0, 0.1) is 0 Å². The van der Waals surface area contributed by atoms with Gasteiger partial charge in [0.2, 0.25) is 5.91 Å². The third kappa shape index (κ3) is 13.3. The number of primary amides is 1. The number of ether oxygens (including phenoxy) is 1. The molecule has 1 amide bonds. The van der Waals surface area contributed by atoms with Crippen molar-refractivity contribution in [1.82, 2.24) is 0 Å². The molecule has 0 radical (unpaired) electrons. The zero-order chi connectivity index (χ0) is 17.0. The highest BCUT2D eigenvalue weighted by molar-refractivity contribution is 5.85. The highest BCUT2D eigenvalue weighted by atomic mass is 35.5. The number of nitrogens with two attached hydrogens (primary N) is 1. The Kier molecular flexibility index (Phi) is 12.5. The minimum atomic E-state index is -0.481. The highest BCUT2D eigenvalue weighted by Crippen LogP contribution is 2.08. The van der Waals surface area contributed by atoms with Crippen LogP contribution in [0.5, 0.6) is 0 Å². The number of benzene rings is 1. The Morgan fingerprint density at radius 2 is 1.70 bits per heavy atom. The summed E-state index contributed by atoms with van der Waals surface area (Å²) in [6.45, 7) is 8.58. The largest absolute Gasteiger partial charge is 1.00 e. The van der Waals surface area contributed by atoms with Crippen LogP contribution in [0.1, 0.15) is 5.56 Å². The van der Waals surface area contributed by atoms with E-state index in [0.29, 0.717) is 6.61 Å². The summed E-state index contributed by atoms with van der Waals surface area (Å²) in [5.74, 6) is -0.838. The van der Waals surface area contributed by atoms with E-state index < -0.39 is 5.91 Å². The topological polar surface area (TPSA) is 69.4 Å². The van der Waals surface area contributed by atoms with Crippen LogP contribution in [0.2, 0.25) is 0 Å². The summed E-state index contributed by atoms with van der Waals surface area (Å²) >= 11 is 0. The predicted octanol–water partition coefficient (Wildman–Crippen LogP) is -1.35. The zero-order valence-electron chi connectivity index (χ0n) is 13.7. The molecule has 0 aliphatic rings. The molecule has 23 heavy (non-hydrogen) atoms. The molecule has 0 aliphatic carbocycles. The summed E-state index contributed by atoms with van der Waals surface area (Å²) in [6, 6.07) is 10.3. The average Bonchev–Trinajstić information content (AvgIpc) is 2.48. The van der Waals surface area contributed by atoms with E-state index >= 15 is 0 Å². The molecule has 128 valence electrons. The van der Waals surface area contributed by atoms with E-state index in [1.54, 1.807) is 0 Å². The first-order valence-corrected chi connectivity index (χ1v) is 6.87. The molecule has 1 aromatic rings. The zero-order valence-corrected chi connectivity index (χ0v) is 14.5. The van der Waals surface area contributed by atoms with Gasteiger partial charge in [0.25, 0.3) is 0 Å². The van der Waals surface area contributed by atoms with Gasteiger partial charge in [-0.15, -0.1) is 0 Å². The van der Waals surface area contributed by atoms with Crippen molar-refractivity contribution in [3.05, 3.63) is 61.2 Å². The van der Waals surface area contributed by atoms with Crippen molar-refractivity contribution in [1.29, 1.82) is 0 Å². The normalized spacial score (nSPS) is 9.48. The third-order valence-electron chi connectivity index (χ3n) is 2.76. The number of carbonyl (C=O) groups excluding carboxylic acids is 2. The number of esters is 1. The fraction of sp³-hybridized carbons (Fsp3) is 0.294. The monoisotopic (exact) mass is 340 g/mol. The van der Waals surface area contributed by atoms with Gasteiger partial charge in [0, 0.05) is 11.6 Å². The lowest BCUT2D eigenvalue weighted by Crippen LogP contribution is -3.00. The lowest BCUT2D eigenvalue weighted by molar-refractivity contribution is -0.903. The molecule has 0 aliphatic heterocycles. The maximum Gasteiger partial charge on any atom is 0.330 e. The number of rotatable bonds is 7. The van der Waals surface area contributed by atoms with Crippen LogP contribution in [0.3, 0.4) is 0 Å². The predicted molar refractivity (Wildman–Crippen MR) is 87.7 cm³/mol. The van der Waals surface area contributed by atoms with Crippen LogP contribution in [0.4, 0.5) is 0 Å². The number of quaternary nitrogens is 1. The van der Waals surface area contributed by atoms with Gasteiger partial charge in [0.05, 0.1) is 14.1 Å². The maximum absolute atomic E-state index is 10.9. The van der Waals surface area contributed by atoms with Gasteiger partial charge in [-0.1, -0.05) is 43.5 Å². The van der Waals surface area contributed by atoms with Crippen LogP contribution >= 0.6 is 0 Å². The summed E-state index contributed by atoms with van der Waals surface area (Å²) in [6.07, 6.45) is 2.25. The highest BCUT2D eigenvalue weighted by Gasteiger charge is 2.16.